The first-order chi connectivity index (χ1) is 13.7. The summed E-state index contributed by atoms with van der Waals surface area (Å²) < 4.78 is 4.80. The average molecular weight is 375 g/mol. The Morgan fingerprint density at radius 1 is 1.00 bits per heavy atom. The molecule has 6 heteroatoms. The van der Waals surface area contributed by atoms with E-state index in [0.717, 1.165) is 12.0 Å². The highest BCUT2D eigenvalue weighted by molar-refractivity contribution is 5.97. The molecule has 0 atom stereocenters. The number of ether oxygens (including phenoxy) is 1. The maximum Gasteiger partial charge on any atom is 0.339 e. The Morgan fingerprint density at radius 3 is 2.54 bits per heavy atom. The van der Waals surface area contributed by atoms with Gasteiger partial charge in [0.2, 0.25) is 0 Å². The van der Waals surface area contributed by atoms with E-state index >= 15 is 0 Å². The van der Waals surface area contributed by atoms with Gasteiger partial charge in [-0.2, -0.15) is 0 Å². The van der Waals surface area contributed by atoms with E-state index in [9.17, 15) is 9.59 Å². The number of nitrogens with one attached hydrogen (secondary N) is 2. The summed E-state index contributed by atoms with van der Waals surface area (Å²) in [6, 6.07) is 18.7. The van der Waals surface area contributed by atoms with Crippen LogP contribution in [-0.2, 0) is 11.2 Å². The van der Waals surface area contributed by atoms with Gasteiger partial charge in [-0.05, 0) is 30.2 Å². The molecule has 0 bridgehead atoms. The number of esters is 1. The van der Waals surface area contributed by atoms with Crippen LogP contribution >= 0.6 is 0 Å². The van der Waals surface area contributed by atoms with Crippen LogP contribution in [0.1, 0.15) is 26.3 Å². The number of para-hydroxylation sites is 1. The Bertz CT molecular complexity index is 958. The van der Waals surface area contributed by atoms with Crippen LogP contribution in [0.15, 0.2) is 73.1 Å². The fourth-order valence-electron chi connectivity index (χ4n) is 2.74. The lowest BCUT2D eigenvalue weighted by Gasteiger charge is -2.11. The third kappa shape index (κ3) is 4.94. The molecule has 142 valence electrons. The van der Waals surface area contributed by atoms with Gasteiger partial charge in [0, 0.05) is 12.7 Å². The smallest absolute Gasteiger partial charge is 0.339 e. The second-order valence-electron chi connectivity index (χ2n) is 6.12. The minimum absolute atomic E-state index is 0.201. The van der Waals surface area contributed by atoms with Gasteiger partial charge >= 0.3 is 5.97 Å². The quantitative estimate of drug-likeness (QED) is 0.617. The SMILES string of the molecule is COC(=O)c1ccccc1Nc1cncc(C(=O)NCCc2ccccc2)c1. The molecule has 0 spiro atoms. The summed E-state index contributed by atoms with van der Waals surface area (Å²) >= 11 is 0. The molecule has 6 nitrogen and oxygen atoms in total. The predicted octanol–water partition coefficient (Wildman–Crippen LogP) is 3.58. The molecule has 3 aromatic rings. The van der Waals surface area contributed by atoms with Crippen LogP contribution in [0.25, 0.3) is 0 Å². The number of methoxy groups -OCH3 is 1. The molecule has 2 N–H and O–H groups in total. The number of nitrogens with zero attached hydrogens (tertiary/aromatic N) is 1. The number of amides is 1. The molecule has 0 aliphatic carbocycles. The summed E-state index contributed by atoms with van der Waals surface area (Å²) in [6.07, 6.45) is 3.86. The van der Waals surface area contributed by atoms with Crippen molar-refractivity contribution in [1.82, 2.24) is 10.3 Å². The molecule has 1 amide bonds. The van der Waals surface area contributed by atoms with Crippen molar-refractivity contribution in [3.05, 3.63) is 89.7 Å². The zero-order valence-electron chi connectivity index (χ0n) is 15.5. The average Bonchev–Trinajstić information content (AvgIpc) is 2.74. The largest absolute Gasteiger partial charge is 0.465 e. The van der Waals surface area contributed by atoms with Crippen LogP contribution in [-0.4, -0.2) is 30.5 Å². The van der Waals surface area contributed by atoms with Crippen molar-refractivity contribution >= 4 is 23.3 Å². The van der Waals surface area contributed by atoms with Gasteiger partial charge in [0.25, 0.3) is 5.91 Å². The summed E-state index contributed by atoms with van der Waals surface area (Å²) in [5.41, 5.74) is 3.19. The van der Waals surface area contributed by atoms with E-state index in [1.54, 1.807) is 30.5 Å². The molecule has 1 aromatic heterocycles. The molecule has 3 rings (SSSR count). The summed E-state index contributed by atoms with van der Waals surface area (Å²) in [7, 11) is 1.33. The summed E-state index contributed by atoms with van der Waals surface area (Å²) in [5, 5.41) is 6.02. The lowest BCUT2D eigenvalue weighted by Crippen LogP contribution is -2.25. The second kappa shape index (κ2) is 9.32. The Kier molecular flexibility index (Phi) is 6.36. The molecule has 0 aliphatic rings. The highest BCUT2D eigenvalue weighted by atomic mass is 16.5. The van der Waals surface area contributed by atoms with Crippen molar-refractivity contribution in [3.8, 4) is 0 Å². The van der Waals surface area contributed by atoms with Gasteiger partial charge < -0.3 is 15.4 Å². The first-order valence-electron chi connectivity index (χ1n) is 8.89. The summed E-state index contributed by atoms with van der Waals surface area (Å²) in [5.74, 6) is -0.640. The van der Waals surface area contributed by atoms with Gasteiger partial charge in [0.05, 0.1) is 35.8 Å². The maximum absolute atomic E-state index is 12.4. The monoisotopic (exact) mass is 375 g/mol. The Balaban J connectivity index is 1.65. The predicted molar refractivity (Wildman–Crippen MR) is 108 cm³/mol. The van der Waals surface area contributed by atoms with E-state index in [1.807, 2.05) is 36.4 Å². The van der Waals surface area contributed by atoms with Gasteiger partial charge in [-0.3, -0.25) is 9.78 Å². The number of anilines is 2. The number of hydrogen-bond acceptors (Lipinski definition) is 5. The van der Waals surface area contributed by atoms with E-state index < -0.39 is 5.97 Å². The van der Waals surface area contributed by atoms with Crippen LogP contribution in [0, 0.1) is 0 Å². The summed E-state index contributed by atoms with van der Waals surface area (Å²) in [4.78, 5) is 28.4. The third-order valence-electron chi connectivity index (χ3n) is 4.15. The van der Waals surface area contributed by atoms with Gasteiger partial charge in [0.1, 0.15) is 0 Å². The number of hydrogen-bond donors (Lipinski definition) is 2. The molecule has 1 heterocycles. The number of rotatable bonds is 7. The highest BCUT2D eigenvalue weighted by Gasteiger charge is 2.12. The molecular weight excluding hydrogens is 354 g/mol. The zero-order chi connectivity index (χ0) is 19.8. The molecule has 0 radical (unpaired) electrons. The van der Waals surface area contributed by atoms with Crippen molar-refractivity contribution in [1.29, 1.82) is 0 Å². The first-order valence-corrected chi connectivity index (χ1v) is 8.89. The van der Waals surface area contributed by atoms with E-state index in [1.165, 1.54) is 13.3 Å². The van der Waals surface area contributed by atoms with Crippen LogP contribution in [0.3, 0.4) is 0 Å². The van der Waals surface area contributed by atoms with E-state index in [4.69, 9.17) is 4.74 Å². The van der Waals surface area contributed by atoms with Crippen molar-refractivity contribution in [2.24, 2.45) is 0 Å². The Hall–Kier alpha value is -3.67. The van der Waals surface area contributed by atoms with Crippen LogP contribution in [0.4, 0.5) is 11.4 Å². The fourth-order valence-corrected chi connectivity index (χ4v) is 2.74. The number of carbonyl (C=O) groups excluding carboxylic acids is 2. The van der Waals surface area contributed by atoms with Crippen LogP contribution in [0.5, 0.6) is 0 Å². The molecule has 0 aliphatic heterocycles. The van der Waals surface area contributed by atoms with Gasteiger partial charge in [0.15, 0.2) is 0 Å². The van der Waals surface area contributed by atoms with Crippen molar-refractivity contribution in [3.63, 3.8) is 0 Å². The van der Waals surface area contributed by atoms with E-state index in [2.05, 4.69) is 15.6 Å². The Labute approximate surface area is 163 Å². The van der Waals surface area contributed by atoms with E-state index in [0.29, 0.717) is 29.0 Å². The second-order valence-corrected chi connectivity index (χ2v) is 6.12. The summed E-state index contributed by atoms with van der Waals surface area (Å²) in [6.45, 7) is 0.533. The number of carbonyl (C=O) groups is 2. The van der Waals surface area contributed by atoms with Gasteiger partial charge in [-0.25, -0.2) is 4.79 Å². The minimum atomic E-state index is -0.439. The first kappa shape index (κ1) is 19.1. The fraction of sp³-hybridized carbons (Fsp3) is 0.136. The zero-order valence-corrected chi connectivity index (χ0v) is 15.5. The van der Waals surface area contributed by atoms with Gasteiger partial charge in [-0.1, -0.05) is 42.5 Å². The molecule has 0 unspecified atom stereocenters. The maximum atomic E-state index is 12.4. The van der Waals surface area contributed by atoms with Crippen molar-refractivity contribution < 1.29 is 14.3 Å². The van der Waals surface area contributed by atoms with Crippen LogP contribution in [0.2, 0.25) is 0 Å². The minimum Gasteiger partial charge on any atom is -0.465 e. The molecule has 0 fully saturated rings. The normalized spacial score (nSPS) is 10.2. The number of aromatic nitrogens is 1. The molecule has 2 aromatic carbocycles. The third-order valence-corrected chi connectivity index (χ3v) is 4.15. The topological polar surface area (TPSA) is 80.3 Å². The van der Waals surface area contributed by atoms with Crippen molar-refractivity contribution in [2.45, 2.75) is 6.42 Å². The lowest BCUT2D eigenvalue weighted by atomic mass is 10.1. The number of benzene rings is 2. The van der Waals surface area contributed by atoms with Gasteiger partial charge in [-0.15, -0.1) is 0 Å². The molecule has 0 saturated heterocycles. The molecular formula is C22H21N3O3. The highest BCUT2D eigenvalue weighted by Crippen LogP contribution is 2.21. The molecule has 0 saturated carbocycles. The Morgan fingerprint density at radius 2 is 1.75 bits per heavy atom. The van der Waals surface area contributed by atoms with E-state index in [-0.39, 0.29) is 5.91 Å². The van der Waals surface area contributed by atoms with Crippen molar-refractivity contribution in [2.75, 3.05) is 19.0 Å². The van der Waals surface area contributed by atoms with Crippen LogP contribution < -0.4 is 10.6 Å². The molecule has 28 heavy (non-hydrogen) atoms. The standard InChI is InChI=1S/C22H21N3O3/c1-28-22(27)19-9-5-6-10-20(19)25-18-13-17(14-23-15-18)21(26)24-12-11-16-7-3-2-4-8-16/h2-10,13-15,25H,11-12H2,1H3,(H,24,26). The number of pyridine rings is 1. The lowest BCUT2D eigenvalue weighted by molar-refractivity contribution is 0.0601.